The Balaban J connectivity index is 4.59. The predicted octanol–water partition coefficient (Wildman–Crippen LogP) is 0.274. The maximum atomic E-state index is 5.88. The first-order valence-electron chi connectivity index (χ1n) is 4.80. The highest BCUT2D eigenvalue weighted by Gasteiger charge is 2.45. The van der Waals surface area contributed by atoms with Crippen molar-refractivity contribution in [1.82, 2.24) is 0 Å². The number of rotatable bonds is 6. The summed E-state index contributed by atoms with van der Waals surface area (Å²) in [6, 6.07) is 0. The zero-order valence-corrected chi connectivity index (χ0v) is 10.0. The fraction of sp³-hybridized carbons (Fsp3) is 1.00. The van der Waals surface area contributed by atoms with Crippen LogP contribution in [0.4, 0.5) is 0 Å². The molecule has 0 saturated carbocycles. The lowest BCUT2D eigenvalue weighted by Gasteiger charge is -2.36. The van der Waals surface area contributed by atoms with Gasteiger partial charge in [0.25, 0.3) is 0 Å². The van der Waals surface area contributed by atoms with E-state index < -0.39 is 8.56 Å². The van der Waals surface area contributed by atoms with E-state index in [4.69, 9.17) is 20.3 Å². The van der Waals surface area contributed by atoms with E-state index in [0.29, 0.717) is 13.2 Å². The summed E-state index contributed by atoms with van der Waals surface area (Å²) in [6.45, 7) is 8.89. The van der Waals surface area contributed by atoms with E-state index in [1.54, 1.807) is 0 Å². The fourth-order valence-electron chi connectivity index (χ4n) is 1.43. The van der Waals surface area contributed by atoms with Crippen molar-refractivity contribution in [3.63, 3.8) is 0 Å². The van der Waals surface area contributed by atoms with Crippen LogP contribution in [0.15, 0.2) is 0 Å². The monoisotopic (exact) mass is 206 g/mol. The molecular formula is C8H22N2O2Si. The molecule has 13 heavy (non-hydrogen) atoms. The third-order valence-corrected chi connectivity index (χ3v) is 6.03. The molecule has 0 aromatic heterocycles. The Bertz CT molecular complexity index is 126. The zero-order valence-electron chi connectivity index (χ0n) is 9.04. The van der Waals surface area contributed by atoms with Crippen LogP contribution in [0, 0.1) is 0 Å². The summed E-state index contributed by atoms with van der Waals surface area (Å²) in [5.41, 5.74) is 11.5. The molecule has 0 aliphatic heterocycles. The Morgan fingerprint density at radius 1 is 1.00 bits per heavy atom. The molecule has 0 aromatic carbocycles. The number of hydrogen-bond donors (Lipinski definition) is 2. The zero-order chi connectivity index (χ0) is 10.5. The molecule has 2 unspecified atom stereocenters. The minimum atomic E-state index is -2.39. The predicted molar refractivity (Wildman–Crippen MR) is 56.3 cm³/mol. The Morgan fingerprint density at radius 2 is 1.31 bits per heavy atom. The van der Waals surface area contributed by atoms with Gasteiger partial charge < -0.3 is 20.3 Å². The highest BCUT2D eigenvalue weighted by atomic mass is 28.4. The molecule has 0 aliphatic rings. The van der Waals surface area contributed by atoms with Crippen molar-refractivity contribution in [2.45, 2.75) is 39.0 Å². The van der Waals surface area contributed by atoms with E-state index in [1.807, 2.05) is 27.7 Å². The van der Waals surface area contributed by atoms with E-state index in [2.05, 4.69) is 0 Å². The van der Waals surface area contributed by atoms with Gasteiger partial charge in [-0.1, -0.05) is 0 Å². The fourth-order valence-corrected chi connectivity index (χ4v) is 4.30. The van der Waals surface area contributed by atoms with Gasteiger partial charge in [0, 0.05) is 24.5 Å². The van der Waals surface area contributed by atoms with Crippen LogP contribution in [0.1, 0.15) is 27.7 Å². The third-order valence-electron chi connectivity index (χ3n) is 2.01. The van der Waals surface area contributed by atoms with Crippen LogP contribution in [0.5, 0.6) is 0 Å². The standard InChI is InChI=1S/C8H22N2O2Si/c1-5-11-13(7(3)9,8(4)10)12-6-2/h7-8H,5-6,9-10H2,1-4H3. The molecule has 0 rings (SSSR count). The summed E-state index contributed by atoms with van der Waals surface area (Å²) in [6.07, 6.45) is 0. The van der Waals surface area contributed by atoms with Gasteiger partial charge in [0.05, 0.1) is 0 Å². The summed E-state index contributed by atoms with van der Waals surface area (Å²) in [7, 11) is -2.39. The van der Waals surface area contributed by atoms with Crippen molar-refractivity contribution < 1.29 is 8.85 Å². The second kappa shape index (κ2) is 5.72. The lowest BCUT2D eigenvalue weighted by atomic mass is 10.8. The van der Waals surface area contributed by atoms with E-state index in [-0.39, 0.29) is 11.3 Å². The first-order chi connectivity index (χ1) is 6.01. The van der Waals surface area contributed by atoms with Crippen molar-refractivity contribution in [3.8, 4) is 0 Å². The molecule has 0 aromatic rings. The molecule has 0 heterocycles. The van der Waals surface area contributed by atoms with E-state index >= 15 is 0 Å². The van der Waals surface area contributed by atoms with E-state index in [9.17, 15) is 0 Å². The quantitative estimate of drug-likeness (QED) is 0.612. The smallest absolute Gasteiger partial charge is 0.372 e. The summed E-state index contributed by atoms with van der Waals surface area (Å²) in [5, 5.41) is 0. The normalized spacial score (nSPS) is 17.1. The van der Waals surface area contributed by atoms with Gasteiger partial charge in [-0.2, -0.15) is 0 Å². The Kier molecular flexibility index (Phi) is 5.74. The minimum Gasteiger partial charge on any atom is -0.393 e. The summed E-state index contributed by atoms with van der Waals surface area (Å²) >= 11 is 0. The summed E-state index contributed by atoms with van der Waals surface area (Å²) in [4.78, 5) is 0. The SMILES string of the molecule is CCO[Si](OCC)(C(C)N)C(C)N. The molecular weight excluding hydrogens is 184 g/mol. The first-order valence-corrected chi connectivity index (χ1v) is 6.77. The van der Waals surface area contributed by atoms with Gasteiger partial charge in [-0.05, 0) is 27.7 Å². The molecule has 0 aliphatic carbocycles. The second-order valence-corrected chi connectivity index (χ2v) is 7.01. The average Bonchev–Trinajstić information content (AvgIpc) is 2.03. The van der Waals surface area contributed by atoms with Crippen LogP contribution in [-0.4, -0.2) is 33.1 Å². The molecule has 0 spiro atoms. The van der Waals surface area contributed by atoms with Crippen LogP contribution in [0.2, 0.25) is 0 Å². The lowest BCUT2D eigenvalue weighted by molar-refractivity contribution is 0.167. The Hall–Kier alpha value is 0.0569. The van der Waals surface area contributed by atoms with Gasteiger partial charge >= 0.3 is 8.56 Å². The van der Waals surface area contributed by atoms with Crippen LogP contribution < -0.4 is 11.5 Å². The molecule has 0 amide bonds. The Morgan fingerprint density at radius 3 is 1.46 bits per heavy atom. The van der Waals surface area contributed by atoms with Crippen molar-refractivity contribution in [3.05, 3.63) is 0 Å². The summed E-state index contributed by atoms with van der Waals surface area (Å²) < 4.78 is 11.3. The van der Waals surface area contributed by atoms with Crippen molar-refractivity contribution in [1.29, 1.82) is 0 Å². The first kappa shape index (κ1) is 13.1. The molecule has 0 fully saturated rings. The van der Waals surface area contributed by atoms with Crippen molar-refractivity contribution in [2.24, 2.45) is 11.5 Å². The minimum absolute atomic E-state index is 0.104. The van der Waals surface area contributed by atoms with Crippen molar-refractivity contribution in [2.75, 3.05) is 13.2 Å². The average molecular weight is 206 g/mol. The third kappa shape index (κ3) is 3.03. The lowest BCUT2D eigenvalue weighted by Crippen LogP contribution is -2.66. The molecule has 4 N–H and O–H groups in total. The Labute approximate surface area is 81.8 Å². The highest BCUT2D eigenvalue weighted by molar-refractivity contribution is 6.70. The van der Waals surface area contributed by atoms with Crippen molar-refractivity contribution >= 4 is 8.56 Å². The van der Waals surface area contributed by atoms with Crippen LogP contribution in [0.25, 0.3) is 0 Å². The maximum absolute atomic E-state index is 5.88. The van der Waals surface area contributed by atoms with Gasteiger partial charge in [0.2, 0.25) is 0 Å². The molecule has 4 nitrogen and oxygen atoms in total. The summed E-state index contributed by atoms with van der Waals surface area (Å²) in [5.74, 6) is 0. The molecule has 5 heteroatoms. The highest BCUT2D eigenvalue weighted by Crippen LogP contribution is 2.14. The molecule has 0 bridgehead atoms. The van der Waals surface area contributed by atoms with E-state index in [0.717, 1.165) is 0 Å². The van der Waals surface area contributed by atoms with Crippen LogP contribution in [-0.2, 0) is 8.85 Å². The molecule has 2 atom stereocenters. The molecule has 80 valence electrons. The maximum Gasteiger partial charge on any atom is 0.372 e. The van der Waals surface area contributed by atoms with Gasteiger partial charge in [-0.15, -0.1) is 0 Å². The molecule has 0 saturated heterocycles. The number of hydrogen-bond acceptors (Lipinski definition) is 4. The van der Waals surface area contributed by atoms with Gasteiger partial charge in [0.1, 0.15) is 0 Å². The molecule has 0 radical (unpaired) electrons. The van der Waals surface area contributed by atoms with Crippen LogP contribution in [0.3, 0.4) is 0 Å². The van der Waals surface area contributed by atoms with E-state index in [1.165, 1.54) is 0 Å². The van der Waals surface area contributed by atoms with Gasteiger partial charge in [0.15, 0.2) is 0 Å². The van der Waals surface area contributed by atoms with Crippen LogP contribution >= 0.6 is 0 Å². The van der Waals surface area contributed by atoms with Gasteiger partial charge in [-0.25, -0.2) is 0 Å². The van der Waals surface area contributed by atoms with Gasteiger partial charge in [-0.3, -0.25) is 0 Å². The second-order valence-electron chi connectivity index (χ2n) is 3.16. The number of nitrogens with two attached hydrogens (primary N) is 2. The topological polar surface area (TPSA) is 70.5 Å². The largest absolute Gasteiger partial charge is 0.393 e.